The van der Waals surface area contributed by atoms with E-state index in [2.05, 4.69) is 54.6 Å². The van der Waals surface area contributed by atoms with Gasteiger partial charge in [0.25, 0.3) is 0 Å². The fourth-order valence-electron chi connectivity index (χ4n) is 2.99. The standard InChI is InChI=1S/C16H26N2.2ClH/c1-18(2)16-12-8-4-7-11-15(16)17-13-14-9-5-3-6-10-14;;/h3,5-6,9-10,15-17H,4,7-8,11-13H2,1-2H3;2*1H/t15-,16-;;/m1../s1. The van der Waals surface area contributed by atoms with E-state index in [-0.39, 0.29) is 24.8 Å². The molecule has 1 aromatic carbocycles. The van der Waals surface area contributed by atoms with E-state index in [9.17, 15) is 0 Å². The van der Waals surface area contributed by atoms with Gasteiger partial charge in [0.1, 0.15) is 0 Å². The van der Waals surface area contributed by atoms with Gasteiger partial charge in [-0.2, -0.15) is 0 Å². The normalized spacial score (nSPS) is 22.6. The van der Waals surface area contributed by atoms with E-state index in [0.29, 0.717) is 12.1 Å². The summed E-state index contributed by atoms with van der Waals surface area (Å²) in [5.74, 6) is 0. The van der Waals surface area contributed by atoms with Crippen molar-refractivity contribution < 1.29 is 0 Å². The maximum Gasteiger partial charge on any atom is 0.0243 e. The largest absolute Gasteiger partial charge is 0.308 e. The SMILES string of the molecule is CN(C)[C@@H]1CCCCC[C@H]1NCc1ccccc1.Cl.Cl. The minimum absolute atomic E-state index is 0. The van der Waals surface area contributed by atoms with Gasteiger partial charge < -0.3 is 10.2 Å². The molecule has 0 bridgehead atoms. The molecule has 2 atom stereocenters. The van der Waals surface area contributed by atoms with Crippen LogP contribution in [0.3, 0.4) is 0 Å². The molecule has 2 nitrogen and oxygen atoms in total. The van der Waals surface area contributed by atoms with Crippen molar-refractivity contribution in [2.24, 2.45) is 0 Å². The predicted molar refractivity (Wildman–Crippen MR) is 92.1 cm³/mol. The average Bonchev–Trinajstić information content (AvgIpc) is 2.63. The van der Waals surface area contributed by atoms with Crippen molar-refractivity contribution in [2.45, 2.75) is 50.7 Å². The molecule has 0 radical (unpaired) electrons. The molecule has 0 spiro atoms. The van der Waals surface area contributed by atoms with Gasteiger partial charge in [-0.25, -0.2) is 0 Å². The molecule has 0 saturated heterocycles. The van der Waals surface area contributed by atoms with Crippen LogP contribution in [0.25, 0.3) is 0 Å². The second kappa shape index (κ2) is 10.4. The molecule has 1 saturated carbocycles. The van der Waals surface area contributed by atoms with E-state index >= 15 is 0 Å². The summed E-state index contributed by atoms with van der Waals surface area (Å²) >= 11 is 0. The third kappa shape index (κ3) is 6.01. The van der Waals surface area contributed by atoms with Crippen molar-refractivity contribution in [3.8, 4) is 0 Å². The third-order valence-corrected chi connectivity index (χ3v) is 4.05. The first-order valence-electron chi connectivity index (χ1n) is 7.21. The molecular formula is C16H28Cl2N2. The Kier molecular flexibility index (Phi) is 10.3. The second-order valence-corrected chi connectivity index (χ2v) is 5.64. The number of benzene rings is 1. The number of hydrogen-bond acceptors (Lipinski definition) is 2. The Bertz CT molecular complexity index is 344. The zero-order chi connectivity index (χ0) is 12.8. The molecule has 4 heteroatoms. The predicted octanol–water partition coefficient (Wildman–Crippen LogP) is 3.88. The van der Waals surface area contributed by atoms with Crippen LogP contribution in [-0.4, -0.2) is 31.1 Å². The summed E-state index contributed by atoms with van der Waals surface area (Å²) in [7, 11) is 4.43. The lowest BCUT2D eigenvalue weighted by Crippen LogP contribution is -2.46. The van der Waals surface area contributed by atoms with Crippen LogP contribution in [0.4, 0.5) is 0 Å². The molecule has 116 valence electrons. The van der Waals surface area contributed by atoms with E-state index < -0.39 is 0 Å². The van der Waals surface area contributed by atoms with E-state index in [0.717, 1.165) is 6.54 Å². The van der Waals surface area contributed by atoms with Crippen molar-refractivity contribution in [3.63, 3.8) is 0 Å². The molecule has 1 N–H and O–H groups in total. The highest BCUT2D eigenvalue weighted by atomic mass is 35.5. The van der Waals surface area contributed by atoms with Gasteiger partial charge in [0, 0.05) is 18.6 Å². The van der Waals surface area contributed by atoms with Crippen molar-refractivity contribution in [1.29, 1.82) is 0 Å². The molecule has 2 rings (SSSR count). The van der Waals surface area contributed by atoms with Gasteiger partial charge in [-0.3, -0.25) is 0 Å². The molecule has 0 aliphatic heterocycles. The molecular weight excluding hydrogens is 291 g/mol. The van der Waals surface area contributed by atoms with Gasteiger partial charge in [0.05, 0.1) is 0 Å². The van der Waals surface area contributed by atoms with E-state index in [4.69, 9.17) is 0 Å². The molecule has 0 heterocycles. The molecule has 0 unspecified atom stereocenters. The van der Waals surface area contributed by atoms with Gasteiger partial charge in [0.2, 0.25) is 0 Å². The monoisotopic (exact) mass is 318 g/mol. The molecule has 0 amide bonds. The lowest BCUT2D eigenvalue weighted by Gasteiger charge is -2.31. The van der Waals surface area contributed by atoms with Gasteiger partial charge in [0.15, 0.2) is 0 Å². The van der Waals surface area contributed by atoms with Crippen LogP contribution in [0.2, 0.25) is 0 Å². The highest BCUT2D eigenvalue weighted by Crippen LogP contribution is 2.21. The Balaban J connectivity index is 0.00000180. The fourth-order valence-corrected chi connectivity index (χ4v) is 2.99. The summed E-state index contributed by atoms with van der Waals surface area (Å²) in [6.07, 6.45) is 6.80. The maximum absolute atomic E-state index is 3.77. The molecule has 1 fully saturated rings. The Labute approximate surface area is 136 Å². The number of likely N-dealkylation sites (N-methyl/N-ethyl adjacent to an activating group) is 1. The van der Waals surface area contributed by atoms with Crippen LogP contribution in [0.5, 0.6) is 0 Å². The van der Waals surface area contributed by atoms with Crippen LogP contribution in [0, 0.1) is 0 Å². The first kappa shape index (κ1) is 19.7. The maximum atomic E-state index is 3.77. The lowest BCUT2D eigenvalue weighted by atomic mass is 10.0. The van der Waals surface area contributed by atoms with Crippen LogP contribution in [0.15, 0.2) is 30.3 Å². The van der Waals surface area contributed by atoms with Gasteiger partial charge in [-0.05, 0) is 32.5 Å². The molecule has 0 aromatic heterocycles. The quantitative estimate of drug-likeness (QED) is 0.847. The van der Waals surface area contributed by atoms with Gasteiger partial charge in [-0.15, -0.1) is 24.8 Å². The summed E-state index contributed by atoms with van der Waals surface area (Å²) in [5, 5.41) is 3.77. The van der Waals surface area contributed by atoms with Crippen molar-refractivity contribution in [3.05, 3.63) is 35.9 Å². The Hall–Kier alpha value is -0.280. The first-order chi connectivity index (χ1) is 8.77. The smallest absolute Gasteiger partial charge is 0.0243 e. The fraction of sp³-hybridized carbons (Fsp3) is 0.625. The van der Waals surface area contributed by atoms with E-state index in [1.165, 1.54) is 37.7 Å². The average molecular weight is 319 g/mol. The minimum Gasteiger partial charge on any atom is -0.308 e. The highest BCUT2D eigenvalue weighted by molar-refractivity contribution is 5.85. The number of halogens is 2. The number of nitrogens with one attached hydrogen (secondary N) is 1. The summed E-state index contributed by atoms with van der Waals surface area (Å²) in [5.41, 5.74) is 1.39. The topological polar surface area (TPSA) is 15.3 Å². The van der Waals surface area contributed by atoms with Crippen LogP contribution in [-0.2, 0) is 6.54 Å². The number of rotatable bonds is 4. The van der Waals surface area contributed by atoms with E-state index in [1.54, 1.807) is 0 Å². The number of nitrogens with zero attached hydrogens (tertiary/aromatic N) is 1. The Morgan fingerprint density at radius 2 is 1.65 bits per heavy atom. The summed E-state index contributed by atoms with van der Waals surface area (Å²) in [6, 6.07) is 12.1. The molecule has 1 aromatic rings. The van der Waals surface area contributed by atoms with Gasteiger partial charge >= 0.3 is 0 Å². The summed E-state index contributed by atoms with van der Waals surface area (Å²) < 4.78 is 0. The first-order valence-corrected chi connectivity index (χ1v) is 7.21. The number of hydrogen-bond donors (Lipinski definition) is 1. The second-order valence-electron chi connectivity index (χ2n) is 5.64. The van der Waals surface area contributed by atoms with Crippen molar-refractivity contribution in [1.82, 2.24) is 10.2 Å². The van der Waals surface area contributed by atoms with Crippen LogP contribution >= 0.6 is 24.8 Å². The Morgan fingerprint density at radius 1 is 1.00 bits per heavy atom. The molecule has 1 aliphatic rings. The summed E-state index contributed by atoms with van der Waals surface area (Å²) in [6.45, 7) is 0.996. The summed E-state index contributed by atoms with van der Waals surface area (Å²) in [4.78, 5) is 2.40. The molecule has 20 heavy (non-hydrogen) atoms. The van der Waals surface area contributed by atoms with Crippen molar-refractivity contribution >= 4 is 24.8 Å². The van der Waals surface area contributed by atoms with Gasteiger partial charge in [-0.1, -0.05) is 49.6 Å². The zero-order valence-electron chi connectivity index (χ0n) is 12.5. The Morgan fingerprint density at radius 3 is 2.30 bits per heavy atom. The zero-order valence-corrected chi connectivity index (χ0v) is 14.2. The van der Waals surface area contributed by atoms with Crippen LogP contribution < -0.4 is 5.32 Å². The lowest BCUT2D eigenvalue weighted by molar-refractivity contribution is 0.215. The molecule has 1 aliphatic carbocycles. The third-order valence-electron chi connectivity index (χ3n) is 4.05. The van der Waals surface area contributed by atoms with Crippen molar-refractivity contribution in [2.75, 3.05) is 14.1 Å². The highest BCUT2D eigenvalue weighted by Gasteiger charge is 2.24. The minimum atomic E-state index is 0. The van der Waals surface area contributed by atoms with Crippen LogP contribution in [0.1, 0.15) is 37.7 Å². The van der Waals surface area contributed by atoms with E-state index in [1.807, 2.05) is 0 Å².